The molecule has 0 fully saturated rings. The van der Waals surface area contributed by atoms with E-state index in [2.05, 4.69) is 31.4 Å². The fraction of sp³-hybridized carbons (Fsp3) is 0.235. The van der Waals surface area contributed by atoms with Crippen molar-refractivity contribution in [2.45, 2.75) is 26.9 Å². The summed E-state index contributed by atoms with van der Waals surface area (Å²) in [5.74, 6) is 0.172. The van der Waals surface area contributed by atoms with Crippen LogP contribution < -0.4 is 5.32 Å². The second-order valence-corrected chi connectivity index (χ2v) is 8.01. The van der Waals surface area contributed by atoms with Crippen LogP contribution in [0.3, 0.4) is 0 Å². The SMILES string of the molecule is Cc1nn(CC(=O)Nc2nn(Cc3ccc(Cl)c(Cl)c3)cc2Br)c(C)c1Cl. The second-order valence-electron chi connectivity index (χ2n) is 5.96. The predicted octanol–water partition coefficient (Wildman–Crippen LogP) is 5.11. The van der Waals surface area contributed by atoms with Crippen LogP contribution in [0.1, 0.15) is 17.0 Å². The molecule has 3 aromatic rings. The van der Waals surface area contributed by atoms with E-state index in [-0.39, 0.29) is 12.5 Å². The van der Waals surface area contributed by atoms with E-state index in [1.165, 1.54) is 0 Å². The summed E-state index contributed by atoms with van der Waals surface area (Å²) in [6, 6.07) is 5.39. The van der Waals surface area contributed by atoms with Gasteiger partial charge in [0.25, 0.3) is 0 Å². The highest BCUT2D eigenvalue weighted by Gasteiger charge is 2.15. The van der Waals surface area contributed by atoms with Gasteiger partial charge in [-0.15, -0.1) is 0 Å². The van der Waals surface area contributed by atoms with Gasteiger partial charge >= 0.3 is 0 Å². The Morgan fingerprint density at radius 1 is 1.19 bits per heavy atom. The average molecular weight is 492 g/mol. The molecule has 0 aliphatic rings. The highest BCUT2D eigenvalue weighted by molar-refractivity contribution is 9.10. The Morgan fingerprint density at radius 3 is 2.56 bits per heavy atom. The molecule has 2 aromatic heterocycles. The van der Waals surface area contributed by atoms with Gasteiger partial charge in [-0.1, -0.05) is 40.9 Å². The number of amides is 1. The van der Waals surface area contributed by atoms with Crippen molar-refractivity contribution in [2.24, 2.45) is 0 Å². The summed E-state index contributed by atoms with van der Waals surface area (Å²) in [6.07, 6.45) is 1.78. The Hall–Kier alpha value is -1.54. The Balaban J connectivity index is 1.69. The van der Waals surface area contributed by atoms with Gasteiger partial charge in [0, 0.05) is 6.20 Å². The Bertz CT molecular complexity index is 1010. The summed E-state index contributed by atoms with van der Waals surface area (Å²) in [5, 5.41) is 13.0. The number of aromatic nitrogens is 4. The first kappa shape index (κ1) is 20.2. The Morgan fingerprint density at radius 2 is 1.93 bits per heavy atom. The summed E-state index contributed by atoms with van der Waals surface area (Å²) < 4.78 is 3.93. The molecular weight excluding hydrogens is 476 g/mol. The number of anilines is 1. The van der Waals surface area contributed by atoms with Crippen molar-refractivity contribution < 1.29 is 4.79 Å². The van der Waals surface area contributed by atoms with Gasteiger partial charge in [-0.05, 0) is 47.5 Å². The van der Waals surface area contributed by atoms with Crippen molar-refractivity contribution in [3.63, 3.8) is 0 Å². The first-order valence-electron chi connectivity index (χ1n) is 7.91. The van der Waals surface area contributed by atoms with Gasteiger partial charge in [0.1, 0.15) is 6.54 Å². The highest BCUT2D eigenvalue weighted by atomic mass is 79.9. The van der Waals surface area contributed by atoms with Crippen LogP contribution in [0.15, 0.2) is 28.9 Å². The topological polar surface area (TPSA) is 64.7 Å². The third kappa shape index (κ3) is 4.66. The van der Waals surface area contributed by atoms with Crippen molar-refractivity contribution in [3.05, 3.63) is 60.9 Å². The fourth-order valence-electron chi connectivity index (χ4n) is 2.52. The number of rotatable bonds is 5. The van der Waals surface area contributed by atoms with Gasteiger partial charge in [0.2, 0.25) is 5.91 Å². The fourth-order valence-corrected chi connectivity index (χ4v) is 3.40. The van der Waals surface area contributed by atoms with Crippen molar-refractivity contribution in [3.8, 4) is 0 Å². The molecule has 1 N–H and O–H groups in total. The molecule has 1 amide bonds. The van der Waals surface area contributed by atoms with Crippen LogP contribution in [0.4, 0.5) is 5.82 Å². The molecule has 0 unspecified atom stereocenters. The zero-order valence-corrected chi connectivity index (χ0v) is 18.3. The molecule has 0 bridgehead atoms. The summed E-state index contributed by atoms with van der Waals surface area (Å²) in [6.45, 7) is 4.15. The van der Waals surface area contributed by atoms with Gasteiger partial charge in [0.05, 0.1) is 37.5 Å². The van der Waals surface area contributed by atoms with Gasteiger partial charge in [-0.25, -0.2) is 0 Å². The number of halogens is 4. The monoisotopic (exact) mass is 489 g/mol. The predicted molar refractivity (Wildman–Crippen MR) is 111 cm³/mol. The van der Waals surface area contributed by atoms with Crippen LogP contribution in [0.2, 0.25) is 15.1 Å². The molecule has 0 saturated carbocycles. The molecule has 6 nitrogen and oxygen atoms in total. The number of nitrogens with zero attached hydrogens (tertiary/aromatic N) is 4. The van der Waals surface area contributed by atoms with E-state index in [9.17, 15) is 4.79 Å². The van der Waals surface area contributed by atoms with E-state index in [0.717, 1.165) is 11.3 Å². The van der Waals surface area contributed by atoms with Gasteiger partial charge in [-0.3, -0.25) is 14.2 Å². The molecular formula is C17H15BrCl3N5O. The second kappa shape index (κ2) is 8.22. The third-order valence-corrected chi connectivity index (χ3v) is 5.76. The van der Waals surface area contributed by atoms with E-state index in [4.69, 9.17) is 34.8 Å². The molecule has 3 rings (SSSR count). The third-order valence-electron chi connectivity index (χ3n) is 3.89. The molecule has 0 spiro atoms. The van der Waals surface area contributed by atoms with Gasteiger partial charge in [0.15, 0.2) is 5.82 Å². The van der Waals surface area contributed by atoms with E-state index in [1.54, 1.807) is 34.6 Å². The Kier molecular flexibility index (Phi) is 6.15. The first-order chi connectivity index (χ1) is 12.7. The number of aryl methyl sites for hydroxylation is 1. The molecule has 10 heteroatoms. The largest absolute Gasteiger partial charge is 0.307 e. The lowest BCUT2D eigenvalue weighted by atomic mass is 10.2. The smallest absolute Gasteiger partial charge is 0.247 e. The summed E-state index contributed by atoms with van der Waals surface area (Å²) in [7, 11) is 0. The maximum absolute atomic E-state index is 12.3. The normalized spacial score (nSPS) is 11.0. The van der Waals surface area contributed by atoms with Gasteiger partial charge in [-0.2, -0.15) is 10.2 Å². The van der Waals surface area contributed by atoms with E-state index >= 15 is 0 Å². The van der Waals surface area contributed by atoms with Crippen LogP contribution in [0.5, 0.6) is 0 Å². The van der Waals surface area contributed by atoms with Crippen molar-refractivity contribution >= 4 is 62.5 Å². The molecule has 0 radical (unpaired) electrons. The lowest BCUT2D eigenvalue weighted by Crippen LogP contribution is -2.21. The number of nitrogens with one attached hydrogen (secondary N) is 1. The van der Waals surface area contributed by atoms with Gasteiger partial charge < -0.3 is 5.32 Å². The summed E-state index contributed by atoms with van der Waals surface area (Å²) >= 11 is 21.5. The van der Waals surface area contributed by atoms with Crippen LogP contribution in [0.25, 0.3) is 0 Å². The van der Waals surface area contributed by atoms with Crippen LogP contribution in [0, 0.1) is 13.8 Å². The molecule has 0 aliphatic carbocycles. The van der Waals surface area contributed by atoms with E-state index < -0.39 is 0 Å². The van der Waals surface area contributed by atoms with E-state index in [0.29, 0.717) is 37.6 Å². The molecule has 0 atom stereocenters. The molecule has 0 saturated heterocycles. The maximum atomic E-state index is 12.3. The number of carbonyl (C=O) groups excluding carboxylic acids is 1. The van der Waals surface area contributed by atoms with Crippen LogP contribution in [-0.4, -0.2) is 25.5 Å². The standard InChI is InChI=1S/C17H15BrCl3N5O/c1-9-16(21)10(2)26(23-9)8-15(27)22-17-12(18)7-25(24-17)6-11-3-4-13(19)14(20)5-11/h3-5,7H,6,8H2,1-2H3,(H,22,24,27). The van der Waals surface area contributed by atoms with Crippen molar-refractivity contribution in [2.75, 3.05) is 5.32 Å². The molecule has 142 valence electrons. The summed E-state index contributed by atoms with van der Waals surface area (Å²) in [5.41, 5.74) is 2.37. The Labute approximate surface area is 179 Å². The summed E-state index contributed by atoms with van der Waals surface area (Å²) in [4.78, 5) is 12.3. The molecule has 2 heterocycles. The minimum Gasteiger partial charge on any atom is -0.307 e. The number of benzene rings is 1. The first-order valence-corrected chi connectivity index (χ1v) is 9.83. The van der Waals surface area contributed by atoms with Crippen molar-refractivity contribution in [1.29, 1.82) is 0 Å². The maximum Gasteiger partial charge on any atom is 0.247 e. The average Bonchev–Trinajstić information content (AvgIpc) is 3.05. The lowest BCUT2D eigenvalue weighted by Gasteiger charge is -2.06. The highest BCUT2D eigenvalue weighted by Crippen LogP contribution is 2.25. The molecule has 0 aliphatic heterocycles. The number of hydrogen-bond donors (Lipinski definition) is 1. The molecule has 1 aromatic carbocycles. The number of carbonyl (C=O) groups is 1. The number of hydrogen-bond acceptors (Lipinski definition) is 3. The van der Waals surface area contributed by atoms with Crippen LogP contribution >= 0.6 is 50.7 Å². The zero-order chi connectivity index (χ0) is 19.7. The minimum absolute atomic E-state index is 0.0471. The molecule has 27 heavy (non-hydrogen) atoms. The van der Waals surface area contributed by atoms with Crippen LogP contribution in [-0.2, 0) is 17.9 Å². The minimum atomic E-state index is -0.252. The quantitative estimate of drug-likeness (QED) is 0.540. The zero-order valence-electron chi connectivity index (χ0n) is 14.4. The van der Waals surface area contributed by atoms with E-state index in [1.807, 2.05) is 13.0 Å². The lowest BCUT2D eigenvalue weighted by molar-refractivity contribution is -0.117. The van der Waals surface area contributed by atoms with Crippen molar-refractivity contribution in [1.82, 2.24) is 19.6 Å².